The molecule has 0 bridgehead atoms. The number of hydrogen-bond acceptors (Lipinski definition) is 6. The van der Waals surface area contributed by atoms with Crippen molar-refractivity contribution in [1.29, 1.82) is 0 Å². The largest absolute Gasteiger partial charge is 0.388 e. The fourth-order valence-corrected chi connectivity index (χ4v) is 5.15. The molecule has 0 spiro atoms. The summed E-state index contributed by atoms with van der Waals surface area (Å²) in [7, 11) is 0. The van der Waals surface area contributed by atoms with E-state index in [4.69, 9.17) is 0 Å². The van der Waals surface area contributed by atoms with Gasteiger partial charge in [0.25, 0.3) is 5.56 Å². The Morgan fingerprint density at radius 3 is 2.68 bits per heavy atom. The number of aliphatic hydroxyl groups is 1. The molecule has 4 rings (SSSR count). The summed E-state index contributed by atoms with van der Waals surface area (Å²) in [6.07, 6.45) is 3.43. The fourth-order valence-electron chi connectivity index (χ4n) is 4.16. The number of amides is 1. The Morgan fingerprint density at radius 2 is 1.97 bits per heavy atom. The van der Waals surface area contributed by atoms with E-state index in [0.29, 0.717) is 44.2 Å². The van der Waals surface area contributed by atoms with Crippen LogP contribution in [0.1, 0.15) is 41.1 Å². The van der Waals surface area contributed by atoms with E-state index < -0.39 is 5.60 Å². The van der Waals surface area contributed by atoms with Crippen molar-refractivity contribution in [2.24, 2.45) is 0 Å². The van der Waals surface area contributed by atoms with Gasteiger partial charge in [0.15, 0.2) is 0 Å². The van der Waals surface area contributed by atoms with E-state index in [-0.39, 0.29) is 18.0 Å². The quantitative estimate of drug-likeness (QED) is 0.659. The van der Waals surface area contributed by atoms with E-state index in [9.17, 15) is 14.7 Å². The second-order valence-corrected chi connectivity index (χ2v) is 9.72. The van der Waals surface area contributed by atoms with Crippen molar-refractivity contribution in [1.82, 2.24) is 19.4 Å². The van der Waals surface area contributed by atoms with Gasteiger partial charge in [-0.15, -0.1) is 11.3 Å². The number of pyridine rings is 1. The van der Waals surface area contributed by atoms with Crippen molar-refractivity contribution in [3.05, 3.63) is 56.7 Å². The normalized spacial score (nSPS) is 16.1. The molecule has 0 saturated carbocycles. The molecular formula is C23H28N4O3S. The maximum absolute atomic E-state index is 12.9. The second kappa shape index (κ2) is 8.51. The average molecular weight is 441 g/mol. The molecule has 0 unspecified atom stereocenters. The Labute approximate surface area is 185 Å². The van der Waals surface area contributed by atoms with Gasteiger partial charge in [-0.05, 0) is 57.7 Å². The monoisotopic (exact) mass is 440 g/mol. The zero-order valence-electron chi connectivity index (χ0n) is 18.2. The lowest BCUT2D eigenvalue weighted by Crippen LogP contribution is -2.49. The predicted octanol–water partition coefficient (Wildman–Crippen LogP) is 2.76. The molecule has 1 aliphatic heterocycles. The van der Waals surface area contributed by atoms with Crippen LogP contribution >= 0.6 is 11.3 Å². The lowest BCUT2D eigenvalue weighted by atomic mass is 9.91. The minimum Gasteiger partial charge on any atom is -0.388 e. The number of piperidine rings is 1. The van der Waals surface area contributed by atoms with E-state index in [0.717, 1.165) is 26.7 Å². The Bertz CT molecular complexity index is 1180. The van der Waals surface area contributed by atoms with Crippen LogP contribution in [0.5, 0.6) is 0 Å². The summed E-state index contributed by atoms with van der Waals surface area (Å²) < 4.78 is 1.52. The number of aromatic nitrogens is 3. The van der Waals surface area contributed by atoms with Gasteiger partial charge in [-0.25, -0.2) is 4.98 Å². The first-order valence-electron chi connectivity index (χ1n) is 10.6. The van der Waals surface area contributed by atoms with Crippen molar-refractivity contribution in [2.75, 3.05) is 13.1 Å². The SMILES string of the molecule is Cc1cccc(CCC(=O)N2CCC(O)(Cn3cnc4sc(C)c(C)c4c3=O)CC2)n1. The van der Waals surface area contributed by atoms with Crippen molar-refractivity contribution >= 4 is 27.5 Å². The molecule has 7 nitrogen and oxygen atoms in total. The second-order valence-electron chi connectivity index (χ2n) is 8.52. The summed E-state index contributed by atoms with van der Waals surface area (Å²) in [4.78, 5) is 38.1. The predicted molar refractivity (Wildman–Crippen MR) is 121 cm³/mol. The number of aryl methyl sites for hydroxylation is 4. The van der Waals surface area contributed by atoms with Gasteiger partial charge in [0.1, 0.15) is 4.83 Å². The number of carbonyl (C=O) groups is 1. The Balaban J connectivity index is 1.38. The van der Waals surface area contributed by atoms with Crippen molar-refractivity contribution in [3.63, 3.8) is 0 Å². The van der Waals surface area contributed by atoms with E-state index in [1.54, 1.807) is 4.90 Å². The maximum Gasteiger partial charge on any atom is 0.262 e. The van der Waals surface area contributed by atoms with Crippen LogP contribution in [0, 0.1) is 20.8 Å². The first-order valence-corrected chi connectivity index (χ1v) is 11.5. The maximum atomic E-state index is 12.9. The summed E-state index contributed by atoms with van der Waals surface area (Å²) in [5, 5.41) is 11.7. The minimum absolute atomic E-state index is 0.0787. The third-order valence-electron chi connectivity index (χ3n) is 6.21. The van der Waals surface area contributed by atoms with Crippen LogP contribution < -0.4 is 5.56 Å². The molecule has 1 saturated heterocycles. The van der Waals surface area contributed by atoms with Gasteiger partial charge in [-0.1, -0.05) is 6.07 Å². The highest BCUT2D eigenvalue weighted by molar-refractivity contribution is 7.18. The molecule has 8 heteroatoms. The first kappa shape index (κ1) is 21.6. The van der Waals surface area contributed by atoms with Crippen LogP contribution in [0.3, 0.4) is 0 Å². The molecule has 3 aromatic rings. The van der Waals surface area contributed by atoms with Crippen LogP contribution in [0.15, 0.2) is 29.3 Å². The first-order chi connectivity index (χ1) is 14.8. The Morgan fingerprint density at radius 1 is 1.23 bits per heavy atom. The highest BCUT2D eigenvalue weighted by atomic mass is 32.1. The third kappa shape index (κ3) is 4.55. The molecule has 1 amide bonds. The molecule has 0 aliphatic carbocycles. The summed E-state index contributed by atoms with van der Waals surface area (Å²) in [6, 6.07) is 5.83. The third-order valence-corrected chi connectivity index (χ3v) is 7.32. The molecule has 164 valence electrons. The van der Waals surface area contributed by atoms with Crippen LogP contribution in [-0.2, 0) is 17.8 Å². The van der Waals surface area contributed by atoms with E-state index >= 15 is 0 Å². The lowest BCUT2D eigenvalue weighted by molar-refractivity contribution is -0.135. The molecule has 1 fully saturated rings. The van der Waals surface area contributed by atoms with Gasteiger partial charge in [0.05, 0.1) is 23.9 Å². The summed E-state index contributed by atoms with van der Waals surface area (Å²) in [5.41, 5.74) is 1.70. The Kier molecular flexibility index (Phi) is 5.94. The van der Waals surface area contributed by atoms with E-state index in [2.05, 4.69) is 9.97 Å². The molecule has 0 radical (unpaired) electrons. The summed E-state index contributed by atoms with van der Waals surface area (Å²) in [5.74, 6) is 0.0787. The van der Waals surface area contributed by atoms with Crippen LogP contribution in [0.2, 0.25) is 0 Å². The van der Waals surface area contributed by atoms with Crippen LogP contribution in [0.25, 0.3) is 10.2 Å². The molecule has 31 heavy (non-hydrogen) atoms. The topological polar surface area (TPSA) is 88.3 Å². The van der Waals surface area contributed by atoms with E-state index in [1.165, 1.54) is 22.2 Å². The molecule has 0 atom stereocenters. The van der Waals surface area contributed by atoms with Crippen molar-refractivity contribution < 1.29 is 9.90 Å². The zero-order valence-corrected chi connectivity index (χ0v) is 19.0. The fraction of sp³-hybridized carbons (Fsp3) is 0.478. The number of nitrogens with zero attached hydrogens (tertiary/aromatic N) is 4. The molecule has 0 aromatic carbocycles. The van der Waals surface area contributed by atoms with Gasteiger partial charge in [-0.2, -0.15) is 0 Å². The molecule has 1 aliphatic rings. The zero-order chi connectivity index (χ0) is 22.2. The number of rotatable bonds is 5. The molecule has 4 heterocycles. The number of carbonyl (C=O) groups excluding carboxylic acids is 1. The van der Waals surface area contributed by atoms with Gasteiger partial charge < -0.3 is 10.0 Å². The van der Waals surface area contributed by atoms with Gasteiger partial charge in [0.2, 0.25) is 5.91 Å². The highest BCUT2D eigenvalue weighted by Gasteiger charge is 2.34. The van der Waals surface area contributed by atoms with Crippen molar-refractivity contribution in [3.8, 4) is 0 Å². The lowest BCUT2D eigenvalue weighted by Gasteiger charge is -2.38. The molecular weight excluding hydrogens is 412 g/mol. The summed E-state index contributed by atoms with van der Waals surface area (Å²) in [6.45, 7) is 7.02. The van der Waals surface area contributed by atoms with Gasteiger partial charge >= 0.3 is 0 Å². The minimum atomic E-state index is -1.02. The Hall–Kier alpha value is -2.58. The average Bonchev–Trinajstić information content (AvgIpc) is 3.03. The standard InChI is InChI=1S/C23H28N4O3S/c1-15-5-4-6-18(25-15)7-8-19(28)26-11-9-23(30,10-12-26)13-27-14-24-21-20(22(27)29)16(2)17(3)31-21/h4-6,14,30H,7-13H2,1-3H3. The van der Waals surface area contributed by atoms with Gasteiger partial charge in [0, 0.05) is 35.8 Å². The summed E-state index contributed by atoms with van der Waals surface area (Å²) >= 11 is 1.52. The highest BCUT2D eigenvalue weighted by Crippen LogP contribution is 2.27. The van der Waals surface area contributed by atoms with Crippen LogP contribution in [-0.4, -0.2) is 49.1 Å². The molecule has 3 aromatic heterocycles. The molecule has 1 N–H and O–H groups in total. The van der Waals surface area contributed by atoms with Gasteiger partial charge in [-0.3, -0.25) is 19.1 Å². The van der Waals surface area contributed by atoms with Crippen molar-refractivity contribution in [2.45, 2.75) is 58.6 Å². The smallest absolute Gasteiger partial charge is 0.262 e. The van der Waals surface area contributed by atoms with Crippen LogP contribution in [0.4, 0.5) is 0 Å². The number of fused-ring (bicyclic) bond motifs is 1. The number of thiophene rings is 1. The number of likely N-dealkylation sites (tertiary alicyclic amines) is 1. The van der Waals surface area contributed by atoms with E-state index in [1.807, 2.05) is 39.0 Å². The number of hydrogen-bond donors (Lipinski definition) is 1.